The molecule has 4 nitrogen and oxygen atoms in total. The smallest absolute Gasteiger partial charge is 0.257 e. The predicted molar refractivity (Wildman–Crippen MR) is 37.6 cm³/mol. The van der Waals surface area contributed by atoms with Crippen molar-refractivity contribution in [2.45, 2.75) is 25.9 Å². The third kappa shape index (κ3) is 1.57. The van der Waals surface area contributed by atoms with Crippen molar-refractivity contribution in [2.75, 3.05) is 6.54 Å². The van der Waals surface area contributed by atoms with Gasteiger partial charge in [-0.25, -0.2) is 0 Å². The highest BCUT2D eigenvalue weighted by Crippen LogP contribution is 2.10. The van der Waals surface area contributed by atoms with Crippen molar-refractivity contribution in [3.63, 3.8) is 0 Å². The number of likely N-dealkylation sites (tertiary alicyclic amines) is 1. The Morgan fingerprint density at radius 3 is 2.73 bits per heavy atom. The summed E-state index contributed by atoms with van der Waals surface area (Å²) in [5, 5.41) is 8.86. The molecule has 0 aliphatic carbocycles. The second-order valence-corrected chi connectivity index (χ2v) is 2.66. The number of amides is 2. The van der Waals surface area contributed by atoms with E-state index in [9.17, 15) is 9.59 Å². The highest BCUT2D eigenvalue weighted by Gasteiger charge is 2.28. The van der Waals surface area contributed by atoms with E-state index in [1.165, 1.54) is 6.92 Å². The summed E-state index contributed by atoms with van der Waals surface area (Å²) in [4.78, 5) is 23.0. The van der Waals surface area contributed by atoms with E-state index in [-0.39, 0.29) is 5.91 Å². The normalized spacial score (nSPS) is 20.5. The number of aliphatic hydroxyl groups excluding tert-OH is 1. The Morgan fingerprint density at radius 1 is 1.73 bits per heavy atom. The number of rotatable bonds is 1. The van der Waals surface area contributed by atoms with Gasteiger partial charge in [0.2, 0.25) is 5.91 Å². The van der Waals surface area contributed by atoms with Gasteiger partial charge in [-0.05, 0) is 13.3 Å². The lowest BCUT2D eigenvalue weighted by atomic mass is 10.3. The van der Waals surface area contributed by atoms with Gasteiger partial charge in [-0.2, -0.15) is 0 Å². The number of nitrogens with zero attached hydrogens (tertiary/aromatic N) is 1. The van der Waals surface area contributed by atoms with Crippen molar-refractivity contribution < 1.29 is 14.7 Å². The zero-order valence-corrected chi connectivity index (χ0v) is 6.41. The van der Waals surface area contributed by atoms with Gasteiger partial charge in [0.15, 0.2) is 0 Å². The molecule has 0 aromatic carbocycles. The topological polar surface area (TPSA) is 57.6 Å². The maximum atomic E-state index is 11.0. The van der Waals surface area contributed by atoms with Crippen LogP contribution in [0.5, 0.6) is 0 Å². The van der Waals surface area contributed by atoms with Crippen molar-refractivity contribution in [1.29, 1.82) is 0 Å². The van der Waals surface area contributed by atoms with Gasteiger partial charge in [-0.3, -0.25) is 14.5 Å². The summed E-state index contributed by atoms with van der Waals surface area (Å²) in [5.74, 6) is -0.650. The monoisotopic (exact) mass is 157 g/mol. The molecule has 0 saturated carbocycles. The molecule has 1 saturated heterocycles. The molecule has 0 spiro atoms. The van der Waals surface area contributed by atoms with Gasteiger partial charge in [-0.1, -0.05) is 0 Å². The van der Waals surface area contributed by atoms with Crippen LogP contribution in [0.1, 0.15) is 19.8 Å². The molecule has 1 aliphatic rings. The van der Waals surface area contributed by atoms with Crippen LogP contribution in [0, 0.1) is 0 Å². The molecule has 1 fully saturated rings. The Morgan fingerprint density at radius 2 is 2.36 bits per heavy atom. The molecule has 0 aromatic rings. The minimum Gasteiger partial charge on any atom is -0.384 e. The SMILES string of the molecule is CC(O)C(=O)N1CCCC1=O. The van der Waals surface area contributed by atoms with Crippen LogP contribution < -0.4 is 0 Å². The lowest BCUT2D eigenvalue weighted by molar-refractivity contribution is -0.147. The van der Waals surface area contributed by atoms with Crippen LogP contribution in [0.15, 0.2) is 0 Å². The average molecular weight is 157 g/mol. The van der Waals surface area contributed by atoms with E-state index in [1.807, 2.05) is 0 Å². The van der Waals surface area contributed by atoms with Crippen LogP contribution in [0.2, 0.25) is 0 Å². The Labute approximate surface area is 64.8 Å². The molecule has 2 amide bonds. The largest absolute Gasteiger partial charge is 0.384 e. The molecule has 1 rings (SSSR count). The maximum absolute atomic E-state index is 11.0. The first kappa shape index (κ1) is 8.20. The van der Waals surface area contributed by atoms with Gasteiger partial charge in [0.25, 0.3) is 5.91 Å². The predicted octanol–water partition coefficient (Wildman–Crippen LogP) is -0.484. The van der Waals surface area contributed by atoms with Crippen LogP contribution in [0.25, 0.3) is 0 Å². The van der Waals surface area contributed by atoms with Crippen molar-refractivity contribution in [3.8, 4) is 0 Å². The highest BCUT2D eigenvalue weighted by atomic mass is 16.3. The number of carbonyl (C=O) groups is 2. The third-order valence-corrected chi connectivity index (χ3v) is 1.70. The Hall–Kier alpha value is -0.900. The summed E-state index contributed by atoms with van der Waals surface area (Å²) in [6.07, 6.45) is 0.0903. The number of carbonyl (C=O) groups excluding carboxylic acids is 2. The lowest BCUT2D eigenvalue weighted by Gasteiger charge is -2.14. The van der Waals surface area contributed by atoms with Crippen LogP contribution in [-0.2, 0) is 9.59 Å². The summed E-state index contributed by atoms with van der Waals surface area (Å²) in [7, 11) is 0. The number of imide groups is 1. The first-order valence-corrected chi connectivity index (χ1v) is 3.65. The zero-order chi connectivity index (χ0) is 8.43. The van der Waals surface area contributed by atoms with Gasteiger partial charge in [0.1, 0.15) is 6.10 Å². The standard InChI is InChI=1S/C7H11NO3/c1-5(9)7(11)8-4-2-3-6(8)10/h5,9H,2-4H2,1H3. The number of aliphatic hydroxyl groups is 1. The van der Waals surface area contributed by atoms with Gasteiger partial charge in [0.05, 0.1) is 0 Å². The first-order chi connectivity index (χ1) is 5.13. The molecule has 1 aliphatic heterocycles. The molecular weight excluding hydrogens is 146 g/mol. The van der Waals surface area contributed by atoms with Gasteiger partial charge in [-0.15, -0.1) is 0 Å². The Bertz CT molecular complexity index is 188. The fraction of sp³-hybridized carbons (Fsp3) is 0.714. The quantitative estimate of drug-likeness (QED) is 0.559. The Kier molecular flexibility index (Phi) is 2.24. The van der Waals surface area contributed by atoms with Gasteiger partial charge >= 0.3 is 0 Å². The van der Waals surface area contributed by atoms with E-state index in [0.29, 0.717) is 13.0 Å². The van der Waals surface area contributed by atoms with Crippen molar-refractivity contribution >= 4 is 11.8 Å². The summed E-state index contributed by atoms with van der Waals surface area (Å²) < 4.78 is 0. The summed E-state index contributed by atoms with van der Waals surface area (Å²) >= 11 is 0. The van der Waals surface area contributed by atoms with Gasteiger partial charge in [0, 0.05) is 13.0 Å². The van der Waals surface area contributed by atoms with Crippen molar-refractivity contribution in [1.82, 2.24) is 4.90 Å². The number of hydrogen-bond acceptors (Lipinski definition) is 3. The second kappa shape index (κ2) is 3.00. The van der Waals surface area contributed by atoms with Crippen LogP contribution in [-0.4, -0.2) is 34.5 Å². The molecule has 62 valence electrons. The molecular formula is C7H11NO3. The summed E-state index contributed by atoms with van der Waals surface area (Å²) in [6, 6.07) is 0. The highest BCUT2D eigenvalue weighted by molar-refractivity contribution is 5.98. The molecule has 4 heteroatoms. The van der Waals surface area contributed by atoms with E-state index in [4.69, 9.17) is 5.11 Å². The molecule has 1 N–H and O–H groups in total. The van der Waals surface area contributed by atoms with Crippen molar-refractivity contribution in [3.05, 3.63) is 0 Å². The first-order valence-electron chi connectivity index (χ1n) is 3.65. The molecule has 11 heavy (non-hydrogen) atoms. The molecule has 1 heterocycles. The second-order valence-electron chi connectivity index (χ2n) is 2.66. The molecule has 0 aromatic heterocycles. The van der Waals surface area contributed by atoms with Crippen LogP contribution in [0.4, 0.5) is 0 Å². The van der Waals surface area contributed by atoms with Crippen molar-refractivity contribution in [2.24, 2.45) is 0 Å². The van der Waals surface area contributed by atoms with E-state index >= 15 is 0 Å². The van der Waals surface area contributed by atoms with E-state index in [0.717, 1.165) is 11.3 Å². The number of hydrogen-bond donors (Lipinski definition) is 1. The van der Waals surface area contributed by atoms with Crippen LogP contribution >= 0.6 is 0 Å². The molecule has 0 bridgehead atoms. The van der Waals surface area contributed by atoms with Crippen LogP contribution in [0.3, 0.4) is 0 Å². The molecule has 1 atom stereocenters. The summed E-state index contributed by atoms with van der Waals surface area (Å²) in [5.41, 5.74) is 0. The molecule has 1 unspecified atom stereocenters. The Balaban J connectivity index is 2.60. The van der Waals surface area contributed by atoms with E-state index in [2.05, 4.69) is 0 Å². The average Bonchev–Trinajstić information content (AvgIpc) is 2.33. The summed E-state index contributed by atoms with van der Waals surface area (Å²) in [6.45, 7) is 1.83. The minimum atomic E-state index is -1.06. The van der Waals surface area contributed by atoms with Gasteiger partial charge < -0.3 is 5.11 Å². The molecule has 0 radical (unpaired) electrons. The van der Waals surface area contributed by atoms with E-state index in [1.54, 1.807) is 0 Å². The van der Waals surface area contributed by atoms with E-state index < -0.39 is 12.0 Å². The maximum Gasteiger partial charge on any atom is 0.257 e. The third-order valence-electron chi connectivity index (χ3n) is 1.70. The minimum absolute atomic E-state index is 0.170. The fourth-order valence-corrected chi connectivity index (χ4v) is 1.11. The lowest BCUT2D eigenvalue weighted by Crippen LogP contribution is -2.38. The zero-order valence-electron chi connectivity index (χ0n) is 6.41. The fourth-order valence-electron chi connectivity index (χ4n) is 1.11.